The molecule has 2 N–H and O–H groups in total. The van der Waals surface area contributed by atoms with Gasteiger partial charge in [-0.25, -0.2) is 8.42 Å². The number of benzene rings is 2. The third-order valence-electron chi connectivity index (χ3n) is 3.28. The van der Waals surface area contributed by atoms with Crippen molar-refractivity contribution in [1.82, 2.24) is 5.32 Å². The Bertz CT molecular complexity index is 855. The van der Waals surface area contributed by atoms with Crippen molar-refractivity contribution < 1.29 is 26.7 Å². The van der Waals surface area contributed by atoms with Crippen LogP contribution in [0.2, 0.25) is 0 Å². The Hall–Kier alpha value is -2.68. The molecule has 2 rings (SSSR count). The van der Waals surface area contributed by atoms with E-state index in [1.54, 1.807) is 30.3 Å². The zero-order valence-electron chi connectivity index (χ0n) is 13.9. The van der Waals surface area contributed by atoms with Crippen molar-refractivity contribution in [1.29, 1.82) is 0 Å². The molecule has 0 spiro atoms. The van der Waals surface area contributed by atoms with E-state index in [9.17, 15) is 22.0 Å². The molecular weight excluding hydrogens is 366 g/mol. The predicted octanol–water partition coefficient (Wildman–Crippen LogP) is 2.63. The van der Waals surface area contributed by atoms with E-state index in [1.807, 2.05) is 0 Å². The normalized spacial score (nSPS) is 11.2. The second-order valence-corrected chi connectivity index (χ2v) is 7.23. The molecule has 0 unspecified atom stereocenters. The van der Waals surface area contributed by atoms with E-state index in [0.29, 0.717) is 24.2 Å². The van der Waals surface area contributed by atoms with Crippen LogP contribution in [0, 0.1) is 0 Å². The van der Waals surface area contributed by atoms with Gasteiger partial charge in [0.1, 0.15) is 5.75 Å². The largest absolute Gasteiger partial charge is 0.435 e. The molecule has 9 heteroatoms. The first-order valence-corrected chi connectivity index (χ1v) is 9.52. The fourth-order valence-corrected chi connectivity index (χ4v) is 2.75. The van der Waals surface area contributed by atoms with E-state index in [4.69, 9.17) is 0 Å². The van der Waals surface area contributed by atoms with Gasteiger partial charge in [-0.1, -0.05) is 18.2 Å². The van der Waals surface area contributed by atoms with Crippen LogP contribution in [0.4, 0.5) is 14.5 Å². The molecule has 0 aliphatic rings. The highest BCUT2D eigenvalue weighted by Gasteiger charge is 2.08. The zero-order valence-corrected chi connectivity index (χ0v) is 14.7. The number of hydrogen-bond donors (Lipinski definition) is 2. The Balaban J connectivity index is 1.88. The van der Waals surface area contributed by atoms with Gasteiger partial charge in [0.05, 0.1) is 6.26 Å². The van der Waals surface area contributed by atoms with Crippen LogP contribution in [0.15, 0.2) is 48.5 Å². The Kier molecular flexibility index (Phi) is 6.51. The maximum atomic E-state index is 12.1. The number of sulfonamides is 1. The molecule has 0 radical (unpaired) electrons. The molecule has 0 atom stereocenters. The lowest BCUT2D eigenvalue weighted by Crippen LogP contribution is -2.25. The van der Waals surface area contributed by atoms with Gasteiger partial charge in [0.25, 0.3) is 5.91 Å². The number of ether oxygens (including phenoxy) is 1. The number of carbonyl (C=O) groups is 1. The summed E-state index contributed by atoms with van der Waals surface area (Å²) >= 11 is 0. The Morgan fingerprint density at radius 1 is 1.15 bits per heavy atom. The summed E-state index contributed by atoms with van der Waals surface area (Å²) in [5.41, 5.74) is 1.47. The summed E-state index contributed by atoms with van der Waals surface area (Å²) in [4.78, 5) is 12.1. The van der Waals surface area contributed by atoms with Gasteiger partial charge in [-0.05, 0) is 42.3 Å². The first-order chi connectivity index (χ1) is 12.2. The van der Waals surface area contributed by atoms with Crippen molar-refractivity contribution in [3.05, 3.63) is 59.7 Å². The second-order valence-electron chi connectivity index (χ2n) is 5.48. The van der Waals surface area contributed by atoms with Crippen LogP contribution < -0.4 is 14.8 Å². The summed E-state index contributed by atoms with van der Waals surface area (Å²) in [5, 5.41) is 2.72. The summed E-state index contributed by atoms with van der Waals surface area (Å²) in [6, 6.07) is 12.3. The molecule has 1 amide bonds. The lowest BCUT2D eigenvalue weighted by atomic mass is 10.1. The Morgan fingerprint density at radius 3 is 2.46 bits per heavy atom. The molecule has 2 aromatic carbocycles. The van der Waals surface area contributed by atoms with Crippen LogP contribution in [0.5, 0.6) is 5.75 Å². The van der Waals surface area contributed by atoms with Crippen LogP contribution in [-0.2, 0) is 16.4 Å². The lowest BCUT2D eigenvalue weighted by Gasteiger charge is -2.09. The lowest BCUT2D eigenvalue weighted by molar-refractivity contribution is -0.0498. The van der Waals surface area contributed by atoms with Crippen LogP contribution >= 0.6 is 0 Å². The average molecular weight is 384 g/mol. The van der Waals surface area contributed by atoms with Crippen molar-refractivity contribution in [2.24, 2.45) is 0 Å². The summed E-state index contributed by atoms with van der Waals surface area (Å²) in [7, 11) is -3.42. The maximum Gasteiger partial charge on any atom is 0.387 e. The number of halogens is 2. The average Bonchev–Trinajstić information content (AvgIpc) is 2.54. The molecular formula is C17H18F2N2O4S. The molecule has 26 heavy (non-hydrogen) atoms. The number of rotatable bonds is 8. The molecule has 2 aromatic rings. The van der Waals surface area contributed by atoms with Crippen molar-refractivity contribution in [3.63, 3.8) is 0 Å². The quantitative estimate of drug-likeness (QED) is 0.733. The predicted molar refractivity (Wildman–Crippen MR) is 94.0 cm³/mol. The topological polar surface area (TPSA) is 84.5 Å². The van der Waals surface area contributed by atoms with E-state index in [-0.39, 0.29) is 11.7 Å². The molecule has 140 valence electrons. The fraction of sp³-hybridized carbons (Fsp3) is 0.235. The van der Waals surface area contributed by atoms with Crippen molar-refractivity contribution in [2.75, 3.05) is 17.5 Å². The van der Waals surface area contributed by atoms with Gasteiger partial charge >= 0.3 is 6.61 Å². The molecule has 0 heterocycles. The molecule has 0 saturated carbocycles. The second kappa shape index (κ2) is 8.61. The van der Waals surface area contributed by atoms with Crippen LogP contribution in [0.1, 0.15) is 15.9 Å². The van der Waals surface area contributed by atoms with E-state index in [2.05, 4.69) is 14.8 Å². The van der Waals surface area contributed by atoms with Gasteiger partial charge in [0.2, 0.25) is 10.0 Å². The standard InChI is InChI=1S/C17H18F2N2O4S/c1-26(23,24)21-14-4-2-3-13(11-14)16(22)20-10-9-12-5-7-15(8-6-12)25-17(18)19/h2-8,11,17,21H,9-10H2,1H3,(H,20,22). The van der Waals surface area contributed by atoms with Gasteiger partial charge in [-0.15, -0.1) is 0 Å². The van der Waals surface area contributed by atoms with Crippen LogP contribution in [0.3, 0.4) is 0 Å². The smallest absolute Gasteiger partial charge is 0.387 e. The molecule has 0 bridgehead atoms. The number of nitrogens with one attached hydrogen (secondary N) is 2. The molecule has 0 aliphatic heterocycles. The Labute approximate surface area is 150 Å². The third-order valence-corrected chi connectivity index (χ3v) is 3.88. The third kappa shape index (κ3) is 6.67. The minimum Gasteiger partial charge on any atom is -0.435 e. The summed E-state index contributed by atoms with van der Waals surface area (Å²) in [5.74, 6) is -0.275. The van der Waals surface area contributed by atoms with Gasteiger partial charge < -0.3 is 10.1 Å². The van der Waals surface area contributed by atoms with E-state index < -0.39 is 16.6 Å². The first-order valence-electron chi connectivity index (χ1n) is 7.63. The SMILES string of the molecule is CS(=O)(=O)Nc1cccc(C(=O)NCCc2ccc(OC(F)F)cc2)c1. The monoisotopic (exact) mass is 384 g/mol. The molecule has 0 fully saturated rings. The molecule has 0 aliphatic carbocycles. The van der Waals surface area contributed by atoms with Crippen LogP contribution in [0.25, 0.3) is 0 Å². The number of amides is 1. The van der Waals surface area contributed by atoms with E-state index in [0.717, 1.165) is 11.8 Å². The Morgan fingerprint density at radius 2 is 1.85 bits per heavy atom. The number of hydrogen-bond acceptors (Lipinski definition) is 4. The highest BCUT2D eigenvalue weighted by molar-refractivity contribution is 7.92. The van der Waals surface area contributed by atoms with Crippen molar-refractivity contribution in [3.8, 4) is 5.75 Å². The maximum absolute atomic E-state index is 12.1. The van der Waals surface area contributed by atoms with Crippen molar-refractivity contribution >= 4 is 21.6 Å². The first kappa shape index (κ1) is 19.6. The summed E-state index contributed by atoms with van der Waals surface area (Å²) in [6.45, 7) is -2.54. The molecule has 0 aromatic heterocycles. The fourth-order valence-electron chi connectivity index (χ4n) is 2.20. The number of alkyl halides is 2. The van der Waals surface area contributed by atoms with Gasteiger partial charge in [-0.3, -0.25) is 9.52 Å². The molecule has 6 nitrogen and oxygen atoms in total. The molecule has 0 saturated heterocycles. The highest BCUT2D eigenvalue weighted by atomic mass is 32.2. The summed E-state index contributed by atoms with van der Waals surface area (Å²) < 4.78 is 53.2. The minimum absolute atomic E-state index is 0.0722. The zero-order chi connectivity index (χ0) is 19.2. The summed E-state index contributed by atoms with van der Waals surface area (Å²) in [6.07, 6.45) is 1.53. The van der Waals surface area contributed by atoms with Crippen molar-refractivity contribution in [2.45, 2.75) is 13.0 Å². The van der Waals surface area contributed by atoms with Gasteiger partial charge in [0, 0.05) is 17.8 Å². The number of carbonyl (C=O) groups excluding carboxylic acids is 1. The number of anilines is 1. The van der Waals surface area contributed by atoms with E-state index >= 15 is 0 Å². The van der Waals surface area contributed by atoms with Crippen LogP contribution in [-0.4, -0.2) is 33.7 Å². The van der Waals surface area contributed by atoms with E-state index in [1.165, 1.54) is 18.2 Å². The highest BCUT2D eigenvalue weighted by Crippen LogP contribution is 2.15. The van der Waals surface area contributed by atoms with Gasteiger partial charge in [0.15, 0.2) is 0 Å². The minimum atomic E-state index is -3.42. The van der Waals surface area contributed by atoms with Gasteiger partial charge in [-0.2, -0.15) is 8.78 Å².